The Morgan fingerprint density at radius 3 is 2.12 bits per heavy atom. The van der Waals surface area contributed by atoms with E-state index in [2.05, 4.69) is 6.92 Å². The van der Waals surface area contributed by atoms with Gasteiger partial charge in [0.15, 0.2) is 0 Å². The summed E-state index contributed by atoms with van der Waals surface area (Å²) in [5.74, 6) is -0.793. The average Bonchev–Trinajstić information content (AvgIpc) is 2.64. The summed E-state index contributed by atoms with van der Waals surface area (Å²) in [7, 11) is 0. The highest BCUT2D eigenvalue weighted by Crippen LogP contribution is 2.13. The van der Waals surface area contributed by atoms with Crippen molar-refractivity contribution in [2.45, 2.75) is 96.1 Å². The molecule has 5 N–H and O–H groups in total. The van der Waals surface area contributed by atoms with E-state index in [0.717, 1.165) is 44.9 Å². The first-order chi connectivity index (χ1) is 12.4. The number of aliphatic hydroxyl groups excluding tert-OH is 2. The molecule has 0 rings (SSSR count). The van der Waals surface area contributed by atoms with Crippen LogP contribution in [-0.4, -0.2) is 57.5 Å². The lowest BCUT2D eigenvalue weighted by Crippen LogP contribution is -2.44. The first kappa shape index (κ1) is 25.0. The van der Waals surface area contributed by atoms with Gasteiger partial charge in [-0.25, -0.2) is 5.06 Å². The van der Waals surface area contributed by atoms with Crippen molar-refractivity contribution >= 4 is 11.7 Å². The minimum absolute atomic E-state index is 0.00891. The number of Topliss-reactive ketones (excluding diaryl/α,β-unsaturated/α-hetero) is 1. The van der Waals surface area contributed by atoms with Crippen LogP contribution in [0.15, 0.2) is 0 Å². The smallest absolute Gasteiger partial charge is 0.265 e. The standard InChI is InChI=1S/C19H38N2O5/c1-2-3-4-7-10-16(23)11-8-5-6-9-12-17(24)13-14-21(26)19(25)18(20)15-22/h16,18,22-23,26H,2-15,20H2,1H3/t16?,18-/m0/s1. The molecule has 0 radical (unpaired) electrons. The van der Waals surface area contributed by atoms with Gasteiger partial charge in [-0.3, -0.25) is 14.8 Å². The van der Waals surface area contributed by atoms with Crippen molar-refractivity contribution in [2.75, 3.05) is 13.2 Å². The van der Waals surface area contributed by atoms with Gasteiger partial charge >= 0.3 is 0 Å². The molecular formula is C19H38N2O5. The van der Waals surface area contributed by atoms with Crippen molar-refractivity contribution in [3.05, 3.63) is 0 Å². The summed E-state index contributed by atoms with van der Waals surface area (Å²) < 4.78 is 0. The molecule has 0 aromatic heterocycles. The Morgan fingerprint density at radius 1 is 0.962 bits per heavy atom. The number of ketones is 1. The summed E-state index contributed by atoms with van der Waals surface area (Å²) in [6.45, 7) is 1.53. The Kier molecular flexibility index (Phi) is 15.5. The van der Waals surface area contributed by atoms with Gasteiger partial charge in [-0.1, -0.05) is 51.9 Å². The maximum Gasteiger partial charge on any atom is 0.265 e. The van der Waals surface area contributed by atoms with Gasteiger partial charge in [0.05, 0.1) is 19.3 Å². The quantitative estimate of drug-likeness (QED) is 0.176. The van der Waals surface area contributed by atoms with Gasteiger partial charge in [0.1, 0.15) is 11.8 Å². The van der Waals surface area contributed by atoms with Crippen molar-refractivity contribution < 1.29 is 25.0 Å². The average molecular weight is 375 g/mol. The molecular weight excluding hydrogens is 336 g/mol. The molecule has 0 spiro atoms. The van der Waals surface area contributed by atoms with E-state index in [9.17, 15) is 19.9 Å². The summed E-state index contributed by atoms with van der Waals surface area (Å²) in [4.78, 5) is 23.2. The predicted molar refractivity (Wildman–Crippen MR) is 101 cm³/mol. The van der Waals surface area contributed by atoms with Crippen molar-refractivity contribution in [3.63, 3.8) is 0 Å². The molecule has 26 heavy (non-hydrogen) atoms. The van der Waals surface area contributed by atoms with E-state index >= 15 is 0 Å². The van der Waals surface area contributed by atoms with Gasteiger partial charge in [0.25, 0.3) is 5.91 Å². The first-order valence-electron chi connectivity index (χ1n) is 9.98. The van der Waals surface area contributed by atoms with Crippen LogP contribution in [0.2, 0.25) is 0 Å². The second-order valence-electron chi connectivity index (χ2n) is 7.00. The summed E-state index contributed by atoms with van der Waals surface area (Å²) in [6.07, 6.45) is 10.4. The Labute approximate surface area is 157 Å². The number of nitrogens with two attached hydrogens (primary N) is 1. The Morgan fingerprint density at radius 2 is 1.54 bits per heavy atom. The van der Waals surface area contributed by atoms with E-state index in [4.69, 9.17) is 10.8 Å². The van der Waals surface area contributed by atoms with Gasteiger partial charge in [0, 0.05) is 12.8 Å². The second-order valence-corrected chi connectivity index (χ2v) is 7.00. The predicted octanol–water partition coefficient (Wildman–Crippen LogP) is 2.15. The molecule has 0 saturated carbocycles. The molecule has 2 atom stereocenters. The number of hydrogen-bond donors (Lipinski definition) is 4. The number of carbonyl (C=O) groups excluding carboxylic acids is 2. The van der Waals surface area contributed by atoms with Crippen LogP contribution in [0.1, 0.15) is 84.0 Å². The van der Waals surface area contributed by atoms with E-state index in [1.165, 1.54) is 19.3 Å². The minimum atomic E-state index is -1.16. The fourth-order valence-electron chi connectivity index (χ4n) is 2.74. The Hall–Kier alpha value is -1.02. The van der Waals surface area contributed by atoms with Gasteiger partial charge in [-0.2, -0.15) is 0 Å². The van der Waals surface area contributed by atoms with E-state index in [-0.39, 0.29) is 24.9 Å². The highest BCUT2D eigenvalue weighted by Gasteiger charge is 2.19. The molecule has 154 valence electrons. The summed E-state index contributed by atoms with van der Waals surface area (Å²) >= 11 is 0. The Balaban J connectivity index is 3.58. The van der Waals surface area contributed by atoms with E-state index in [1.807, 2.05) is 0 Å². The van der Waals surface area contributed by atoms with Crippen molar-refractivity contribution in [2.24, 2.45) is 5.73 Å². The highest BCUT2D eigenvalue weighted by molar-refractivity contribution is 5.82. The third-order valence-corrected chi connectivity index (χ3v) is 4.50. The summed E-state index contributed by atoms with van der Waals surface area (Å²) in [5.41, 5.74) is 5.31. The molecule has 1 amide bonds. The molecule has 0 aliphatic heterocycles. The van der Waals surface area contributed by atoms with Gasteiger partial charge in [-0.05, 0) is 19.3 Å². The van der Waals surface area contributed by atoms with Crippen LogP contribution in [0.4, 0.5) is 0 Å². The number of unbranched alkanes of at least 4 members (excludes halogenated alkanes) is 6. The lowest BCUT2D eigenvalue weighted by Gasteiger charge is -2.17. The van der Waals surface area contributed by atoms with E-state index in [0.29, 0.717) is 11.5 Å². The SMILES string of the molecule is CCCCCCC(O)CCCCCCC(=O)CCN(O)C(=O)[C@@H](N)CO. The summed E-state index contributed by atoms with van der Waals surface area (Å²) in [5, 5.41) is 28.5. The molecule has 1 unspecified atom stereocenters. The molecule has 0 aliphatic rings. The second kappa shape index (κ2) is 16.2. The number of rotatable bonds is 17. The molecule has 7 heteroatoms. The molecule has 0 aromatic carbocycles. The molecule has 0 saturated heterocycles. The molecule has 0 fully saturated rings. The van der Waals surface area contributed by atoms with Gasteiger partial charge < -0.3 is 15.9 Å². The van der Waals surface area contributed by atoms with E-state index < -0.39 is 18.6 Å². The number of aliphatic hydroxyl groups is 2. The van der Waals surface area contributed by atoms with Crippen LogP contribution in [0.5, 0.6) is 0 Å². The van der Waals surface area contributed by atoms with Crippen LogP contribution < -0.4 is 5.73 Å². The van der Waals surface area contributed by atoms with Crippen molar-refractivity contribution in [1.29, 1.82) is 0 Å². The lowest BCUT2D eigenvalue weighted by molar-refractivity contribution is -0.168. The van der Waals surface area contributed by atoms with Gasteiger partial charge in [0.2, 0.25) is 0 Å². The van der Waals surface area contributed by atoms with E-state index in [1.54, 1.807) is 0 Å². The molecule has 0 heterocycles. The highest BCUT2D eigenvalue weighted by atomic mass is 16.5. The van der Waals surface area contributed by atoms with Crippen LogP contribution in [-0.2, 0) is 9.59 Å². The maximum atomic E-state index is 11.8. The molecule has 0 aromatic rings. The number of nitrogens with zero attached hydrogens (tertiary/aromatic N) is 1. The molecule has 7 nitrogen and oxygen atoms in total. The Bertz CT molecular complexity index is 379. The van der Waals surface area contributed by atoms with Crippen LogP contribution in [0.25, 0.3) is 0 Å². The third-order valence-electron chi connectivity index (χ3n) is 4.50. The molecule has 0 aliphatic carbocycles. The minimum Gasteiger partial charge on any atom is -0.394 e. The largest absolute Gasteiger partial charge is 0.394 e. The van der Waals surface area contributed by atoms with Crippen molar-refractivity contribution in [1.82, 2.24) is 5.06 Å². The third kappa shape index (κ3) is 13.2. The topological polar surface area (TPSA) is 124 Å². The zero-order chi connectivity index (χ0) is 19.8. The molecule has 0 bridgehead atoms. The normalized spacial score (nSPS) is 13.4. The van der Waals surface area contributed by atoms with Crippen LogP contribution >= 0.6 is 0 Å². The fraction of sp³-hybridized carbons (Fsp3) is 0.895. The van der Waals surface area contributed by atoms with Crippen molar-refractivity contribution in [3.8, 4) is 0 Å². The number of hydrogen-bond acceptors (Lipinski definition) is 6. The lowest BCUT2D eigenvalue weighted by atomic mass is 10.0. The zero-order valence-corrected chi connectivity index (χ0v) is 16.2. The van der Waals surface area contributed by atoms with Crippen LogP contribution in [0, 0.1) is 0 Å². The number of amides is 1. The number of hydroxylamine groups is 2. The monoisotopic (exact) mass is 374 g/mol. The van der Waals surface area contributed by atoms with Gasteiger partial charge in [-0.15, -0.1) is 0 Å². The zero-order valence-electron chi connectivity index (χ0n) is 16.2. The maximum absolute atomic E-state index is 11.8. The first-order valence-corrected chi connectivity index (χ1v) is 9.98. The van der Waals surface area contributed by atoms with Crippen LogP contribution in [0.3, 0.4) is 0 Å². The summed E-state index contributed by atoms with van der Waals surface area (Å²) in [6, 6.07) is -1.16. The number of carbonyl (C=O) groups is 2. The fourth-order valence-corrected chi connectivity index (χ4v) is 2.74.